The lowest BCUT2D eigenvalue weighted by Gasteiger charge is -2.17. The molecule has 1 aliphatic rings. The van der Waals surface area contributed by atoms with Crippen molar-refractivity contribution in [3.63, 3.8) is 0 Å². The van der Waals surface area contributed by atoms with Crippen molar-refractivity contribution >= 4 is 10.9 Å². The Bertz CT molecular complexity index is 784. The normalized spacial score (nSPS) is 17.4. The van der Waals surface area contributed by atoms with E-state index < -0.39 is 5.54 Å². The summed E-state index contributed by atoms with van der Waals surface area (Å²) in [6, 6.07) is 9.82. The Labute approximate surface area is 122 Å². The number of benzene rings is 1. The van der Waals surface area contributed by atoms with Crippen LogP contribution in [0.25, 0.3) is 22.4 Å². The van der Waals surface area contributed by atoms with Gasteiger partial charge in [0, 0.05) is 11.6 Å². The second-order valence-corrected chi connectivity index (χ2v) is 5.66. The third-order valence-corrected chi connectivity index (χ3v) is 4.25. The lowest BCUT2D eigenvalue weighted by atomic mass is 9.98. The molecule has 2 aromatic heterocycles. The summed E-state index contributed by atoms with van der Waals surface area (Å²) < 4.78 is 5.47. The molecule has 4 rings (SSSR count). The van der Waals surface area contributed by atoms with E-state index in [0.29, 0.717) is 11.7 Å². The summed E-state index contributed by atoms with van der Waals surface area (Å²) in [6.07, 6.45) is 5.85. The first-order valence-corrected chi connectivity index (χ1v) is 7.23. The van der Waals surface area contributed by atoms with Crippen molar-refractivity contribution in [2.75, 3.05) is 0 Å². The highest BCUT2D eigenvalue weighted by molar-refractivity contribution is 5.91. The number of aromatic nitrogens is 3. The van der Waals surface area contributed by atoms with Crippen molar-refractivity contribution in [3.8, 4) is 11.5 Å². The lowest BCUT2D eigenvalue weighted by molar-refractivity contribution is 0.373. The minimum absolute atomic E-state index is 0.426. The van der Waals surface area contributed by atoms with Crippen molar-refractivity contribution < 1.29 is 4.52 Å². The van der Waals surface area contributed by atoms with Crippen LogP contribution in [0, 0.1) is 0 Å². The monoisotopic (exact) mass is 280 g/mol. The van der Waals surface area contributed by atoms with Crippen molar-refractivity contribution in [2.24, 2.45) is 5.73 Å². The largest absolute Gasteiger partial charge is 0.334 e. The van der Waals surface area contributed by atoms with Gasteiger partial charge >= 0.3 is 0 Å². The van der Waals surface area contributed by atoms with Gasteiger partial charge in [0.25, 0.3) is 5.89 Å². The van der Waals surface area contributed by atoms with E-state index in [-0.39, 0.29) is 0 Å². The molecule has 0 saturated heterocycles. The molecule has 3 aromatic rings. The first-order valence-electron chi connectivity index (χ1n) is 7.23. The molecular formula is C16H16N4O. The molecule has 0 amide bonds. The molecule has 0 radical (unpaired) electrons. The van der Waals surface area contributed by atoms with Gasteiger partial charge in [-0.05, 0) is 25.0 Å². The molecule has 5 nitrogen and oxygen atoms in total. The summed E-state index contributed by atoms with van der Waals surface area (Å²) in [6.45, 7) is 0. The van der Waals surface area contributed by atoms with Gasteiger partial charge in [-0.3, -0.25) is 4.98 Å². The van der Waals surface area contributed by atoms with E-state index >= 15 is 0 Å². The molecule has 0 bridgehead atoms. The van der Waals surface area contributed by atoms with Gasteiger partial charge < -0.3 is 10.3 Å². The fourth-order valence-electron chi connectivity index (χ4n) is 3.05. The third-order valence-electron chi connectivity index (χ3n) is 4.25. The quantitative estimate of drug-likeness (QED) is 0.780. The van der Waals surface area contributed by atoms with Crippen molar-refractivity contribution in [3.05, 3.63) is 42.4 Å². The van der Waals surface area contributed by atoms with Crippen LogP contribution in [0.3, 0.4) is 0 Å². The van der Waals surface area contributed by atoms with Crippen LogP contribution in [0.5, 0.6) is 0 Å². The van der Waals surface area contributed by atoms with Gasteiger partial charge in [-0.15, -0.1) is 0 Å². The van der Waals surface area contributed by atoms with Gasteiger partial charge in [0.2, 0.25) is 0 Å². The molecule has 2 heterocycles. The molecule has 2 N–H and O–H groups in total. The molecule has 21 heavy (non-hydrogen) atoms. The molecular weight excluding hydrogens is 264 g/mol. The number of hydrogen-bond donors (Lipinski definition) is 1. The Kier molecular flexibility index (Phi) is 2.75. The lowest BCUT2D eigenvalue weighted by Crippen LogP contribution is -2.34. The maximum atomic E-state index is 6.39. The highest BCUT2D eigenvalue weighted by Crippen LogP contribution is 2.36. The third kappa shape index (κ3) is 2.01. The van der Waals surface area contributed by atoms with Crippen LogP contribution in [0.4, 0.5) is 0 Å². The summed E-state index contributed by atoms with van der Waals surface area (Å²) in [4.78, 5) is 8.90. The second-order valence-electron chi connectivity index (χ2n) is 5.66. The Morgan fingerprint density at radius 1 is 1.10 bits per heavy atom. The molecule has 0 atom stereocenters. The van der Waals surface area contributed by atoms with Crippen LogP contribution < -0.4 is 5.73 Å². The van der Waals surface area contributed by atoms with E-state index in [4.69, 9.17) is 10.3 Å². The van der Waals surface area contributed by atoms with Crippen molar-refractivity contribution in [1.29, 1.82) is 0 Å². The maximum Gasteiger partial charge on any atom is 0.258 e. The van der Waals surface area contributed by atoms with Crippen LogP contribution in [-0.4, -0.2) is 15.1 Å². The van der Waals surface area contributed by atoms with Gasteiger partial charge in [0.15, 0.2) is 5.82 Å². The van der Waals surface area contributed by atoms with Crippen LogP contribution in [0.15, 0.2) is 41.1 Å². The van der Waals surface area contributed by atoms with Gasteiger partial charge in [0.1, 0.15) is 0 Å². The SMILES string of the molecule is NC1(c2noc(-c3ccnc4ccccc34)n2)CCCC1. The number of hydrogen-bond acceptors (Lipinski definition) is 5. The molecule has 1 aromatic carbocycles. The Hall–Kier alpha value is -2.27. The van der Waals surface area contributed by atoms with Gasteiger partial charge in [-0.25, -0.2) is 0 Å². The zero-order valence-corrected chi connectivity index (χ0v) is 11.6. The molecule has 0 aliphatic heterocycles. The van der Waals surface area contributed by atoms with Gasteiger partial charge in [-0.2, -0.15) is 4.98 Å². The van der Waals surface area contributed by atoms with Crippen LogP contribution in [0.2, 0.25) is 0 Å². The Morgan fingerprint density at radius 3 is 2.76 bits per heavy atom. The van der Waals surface area contributed by atoms with Crippen LogP contribution in [0.1, 0.15) is 31.5 Å². The maximum absolute atomic E-state index is 6.39. The number of para-hydroxylation sites is 1. The topological polar surface area (TPSA) is 77.8 Å². The molecule has 5 heteroatoms. The minimum Gasteiger partial charge on any atom is -0.334 e. The first-order chi connectivity index (χ1) is 10.3. The van der Waals surface area contributed by atoms with Gasteiger partial charge in [-0.1, -0.05) is 36.2 Å². The standard InChI is InChI=1S/C16H16N4O/c17-16(8-3-4-9-16)15-19-14(21-20-15)12-7-10-18-13-6-2-1-5-11(12)13/h1-2,5-7,10H,3-4,8-9,17H2. The second kappa shape index (κ2) is 4.63. The predicted molar refractivity (Wildman–Crippen MR) is 79.4 cm³/mol. The minimum atomic E-state index is -0.426. The van der Waals surface area contributed by atoms with E-state index in [9.17, 15) is 0 Å². The summed E-state index contributed by atoms with van der Waals surface area (Å²) >= 11 is 0. The van der Waals surface area contributed by atoms with E-state index in [1.54, 1.807) is 6.20 Å². The fourth-order valence-corrected chi connectivity index (χ4v) is 3.05. The molecule has 0 unspecified atom stereocenters. The number of fused-ring (bicyclic) bond motifs is 1. The molecule has 1 fully saturated rings. The Morgan fingerprint density at radius 2 is 1.90 bits per heavy atom. The molecule has 0 spiro atoms. The zero-order chi connectivity index (χ0) is 14.3. The molecule has 1 saturated carbocycles. The van der Waals surface area contributed by atoms with E-state index in [1.807, 2.05) is 30.3 Å². The van der Waals surface area contributed by atoms with E-state index in [0.717, 1.165) is 42.1 Å². The summed E-state index contributed by atoms with van der Waals surface area (Å²) in [5.41, 5.74) is 7.78. The number of nitrogens with zero attached hydrogens (tertiary/aromatic N) is 3. The highest BCUT2D eigenvalue weighted by atomic mass is 16.5. The first kappa shape index (κ1) is 12.5. The van der Waals surface area contributed by atoms with Crippen LogP contribution in [-0.2, 0) is 5.54 Å². The summed E-state index contributed by atoms with van der Waals surface area (Å²) in [7, 11) is 0. The number of nitrogens with two attached hydrogens (primary N) is 1. The summed E-state index contributed by atoms with van der Waals surface area (Å²) in [5.74, 6) is 1.14. The highest BCUT2D eigenvalue weighted by Gasteiger charge is 2.36. The zero-order valence-electron chi connectivity index (χ0n) is 11.6. The van der Waals surface area contributed by atoms with Crippen LogP contribution >= 0.6 is 0 Å². The van der Waals surface area contributed by atoms with Gasteiger partial charge in [0.05, 0.1) is 16.6 Å². The molecule has 1 aliphatic carbocycles. The number of rotatable bonds is 2. The Balaban J connectivity index is 1.81. The fraction of sp³-hybridized carbons (Fsp3) is 0.312. The van der Waals surface area contributed by atoms with Crippen molar-refractivity contribution in [2.45, 2.75) is 31.2 Å². The van der Waals surface area contributed by atoms with E-state index in [2.05, 4.69) is 15.1 Å². The van der Waals surface area contributed by atoms with E-state index in [1.165, 1.54) is 0 Å². The number of pyridine rings is 1. The summed E-state index contributed by atoms with van der Waals surface area (Å²) in [5, 5.41) is 5.13. The predicted octanol–water partition coefficient (Wildman–Crippen LogP) is 3.01. The van der Waals surface area contributed by atoms with Crippen molar-refractivity contribution in [1.82, 2.24) is 15.1 Å². The average Bonchev–Trinajstić information content (AvgIpc) is 3.16. The average molecular weight is 280 g/mol. The smallest absolute Gasteiger partial charge is 0.258 e. The molecule has 106 valence electrons.